The van der Waals surface area contributed by atoms with Crippen molar-refractivity contribution >= 4 is 52.1 Å². The minimum atomic E-state index is -0.297. The highest BCUT2D eigenvalue weighted by atomic mass is 35.5. The molecule has 1 aliphatic rings. The summed E-state index contributed by atoms with van der Waals surface area (Å²) in [6.07, 6.45) is 0. The molecule has 0 aromatic heterocycles. The minimum absolute atomic E-state index is 0.119. The van der Waals surface area contributed by atoms with E-state index in [1.165, 1.54) is 0 Å². The van der Waals surface area contributed by atoms with Gasteiger partial charge in [0.15, 0.2) is 5.11 Å². The molecule has 0 spiro atoms. The zero-order chi connectivity index (χ0) is 20.1. The van der Waals surface area contributed by atoms with Gasteiger partial charge in [0, 0.05) is 55.1 Å². The van der Waals surface area contributed by atoms with Gasteiger partial charge in [-0.1, -0.05) is 11.6 Å². The van der Waals surface area contributed by atoms with Gasteiger partial charge >= 0.3 is 0 Å². The first-order chi connectivity index (χ1) is 13.4. The largest absolute Gasteiger partial charge is 0.368 e. The summed E-state index contributed by atoms with van der Waals surface area (Å²) in [6.45, 7) is 4.68. The van der Waals surface area contributed by atoms with Crippen molar-refractivity contribution in [3.63, 3.8) is 0 Å². The molecule has 0 aliphatic carbocycles. The van der Waals surface area contributed by atoms with E-state index >= 15 is 0 Å². The highest BCUT2D eigenvalue weighted by Gasteiger charge is 2.18. The fourth-order valence-electron chi connectivity index (χ4n) is 2.97. The molecule has 0 unspecified atom stereocenters. The van der Waals surface area contributed by atoms with E-state index in [1.807, 2.05) is 29.2 Å². The van der Waals surface area contributed by atoms with Gasteiger partial charge in [0.2, 0.25) is 5.91 Å². The van der Waals surface area contributed by atoms with Crippen LogP contribution in [0.2, 0.25) is 5.02 Å². The second-order valence-electron chi connectivity index (χ2n) is 6.46. The SMILES string of the molecule is CC(=O)N1CCN(c2ccc(NC(=S)NC(=O)c3ccc(Cl)cc3)cc2)CC1. The summed E-state index contributed by atoms with van der Waals surface area (Å²) in [5.74, 6) is -0.178. The van der Waals surface area contributed by atoms with Crippen LogP contribution in [0.5, 0.6) is 0 Å². The fraction of sp³-hybridized carbons (Fsp3) is 0.250. The Hall–Kier alpha value is -2.64. The summed E-state index contributed by atoms with van der Waals surface area (Å²) >= 11 is 11.0. The summed E-state index contributed by atoms with van der Waals surface area (Å²) < 4.78 is 0. The van der Waals surface area contributed by atoms with Crippen LogP contribution in [0.4, 0.5) is 11.4 Å². The zero-order valence-electron chi connectivity index (χ0n) is 15.4. The van der Waals surface area contributed by atoms with Crippen molar-refractivity contribution in [1.82, 2.24) is 10.2 Å². The summed E-state index contributed by atoms with van der Waals surface area (Å²) in [7, 11) is 0. The van der Waals surface area contributed by atoms with Crippen LogP contribution in [0.3, 0.4) is 0 Å². The van der Waals surface area contributed by atoms with E-state index in [4.69, 9.17) is 23.8 Å². The van der Waals surface area contributed by atoms with Crippen LogP contribution in [0.25, 0.3) is 0 Å². The van der Waals surface area contributed by atoms with E-state index < -0.39 is 0 Å². The molecule has 146 valence electrons. The van der Waals surface area contributed by atoms with Crippen LogP contribution in [0.1, 0.15) is 17.3 Å². The van der Waals surface area contributed by atoms with Gasteiger partial charge in [-0.25, -0.2) is 0 Å². The van der Waals surface area contributed by atoms with E-state index in [9.17, 15) is 9.59 Å². The number of rotatable bonds is 3. The van der Waals surface area contributed by atoms with E-state index in [0.717, 1.165) is 37.6 Å². The van der Waals surface area contributed by atoms with Crippen LogP contribution in [-0.4, -0.2) is 48.0 Å². The number of piperazine rings is 1. The lowest BCUT2D eigenvalue weighted by Gasteiger charge is -2.35. The first-order valence-electron chi connectivity index (χ1n) is 8.91. The van der Waals surface area contributed by atoms with Gasteiger partial charge in [0.1, 0.15) is 0 Å². The Balaban J connectivity index is 1.52. The molecule has 1 fully saturated rings. The first-order valence-corrected chi connectivity index (χ1v) is 9.69. The molecule has 2 aromatic rings. The fourth-order valence-corrected chi connectivity index (χ4v) is 3.31. The Bertz CT molecular complexity index is 863. The number of halogens is 1. The quantitative estimate of drug-likeness (QED) is 0.752. The number of carbonyl (C=O) groups excluding carboxylic acids is 2. The van der Waals surface area contributed by atoms with E-state index in [1.54, 1.807) is 31.2 Å². The van der Waals surface area contributed by atoms with E-state index in [2.05, 4.69) is 15.5 Å². The molecule has 0 bridgehead atoms. The van der Waals surface area contributed by atoms with Crippen molar-refractivity contribution < 1.29 is 9.59 Å². The van der Waals surface area contributed by atoms with Crippen LogP contribution < -0.4 is 15.5 Å². The maximum absolute atomic E-state index is 12.2. The van der Waals surface area contributed by atoms with Crippen LogP contribution >= 0.6 is 23.8 Å². The molecule has 1 heterocycles. The van der Waals surface area contributed by atoms with E-state index in [-0.39, 0.29) is 16.9 Å². The third-order valence-electron chi connectivity index (χ3n) is 4.55. The van der Waals surface area contributed by atoms with Gasteiger partial charge in [-0.2, -0.15) is 0 Å². The maximum Gasteiger partial charge on any atom is 0.257 e. The topological polar surface area (TPSA) is 64.7 Å². The van der Waals surface area contributed by atoms with Crippen LogP contribution in [0.15, 0.2) is 48.5 Å². The Morgan fingerprint density at radius 2 is 1.57 bits per heavy atom. The average Bonchev–Trinajstić information content (AvgIpc) is 2.69. The molecule has 1 saturated heterocycles. The number of nitrogens with zero attached hydrogens (tertiary/aromatic N) is 2. The van der Waals surface area contributed by atoms with Crippen molar-refractivity contribution in [2.75, 3.05) is 36.4 Å². The Labute approximate surface area is 174 Å². The minimum Gasteiger partial charge on any atom is -0.368 e. The molecule has 0 atom stereocenters. The molecule has 1 aliphatic heterocycles. The molecule has 0 saturated carbocycles. The lowest BCUT2D eigenvalue weighted by molar-refractivity contribution is -0.129. The van der Waals surface area contributed by atoms with Gasteiger partial charge in [0.25, 0.3) is 5.91 Å². The zero-order valence-corrected chi connectivity index (χ0v) is 17.0. The molecular weight excluding hydrogens is 396 g/mol. The van der Waals surface area contributed by atoms with Gasteiger partial charge in [-0.15, -0.1) is 0 Å². The van der Waals surface area contributed by atoms with Crippen molar-refractivity contribution in [1.29, 1.82) is 0 Å². The summed E-state index contributed by atoms with van der Waals surface area (Å²) in [5.41, 5.74) is 2.35. The van der Waals surface area contributed by atoms with Gasteiger partial charge < -0.3 is 15.1 Å². The highest BCUT2D eigenvalue weighted by Crippen LogP contribution is 2.19. The van der Waals surface area contributed by atoms with Crippen molar-refractivity contribution in [2.45, 2.75) is 6.92 Å². The van der Waals surface area contributed by atoms with E-state index in [0.29, 0.717) is 10.6 Å². The molecule has 0 radical (unpaired) electrons. The van der Waals surface area contributed by atoms with Crippen LogP contribution in [-0.2, 0) is 4.79 Å². The maximum atomic E-state index is 12.2. The van der Waals surface area contributed by atoms with Crippen molar-refractivity contribution in [2.24, 2.45) is 0 Å². The Morgan fingerprint density at radius 1 is 0.964 bits per heavy atom. The Morgan fingerprint density at radius 3 is 2.14 bits per heavy atom. The average molecular weight is 417 g/mol. The summed E-state index contributed by atoms with van der Waals surface area (Å²) in [4.78, 5) is 27.7. The lowest BCUT2D eigenvalue weighted by Crippen LogP contribution is -2.48. The molecule has 2 N–H and O–H groups in total. The molecule has 6 nitrogen and oxygen atoms in total. The van der Waals surface area contributed by atoms with Gasteiger partial charge in [0.05, 0.1) is 0 Å². The molecule has 3 rings (SSSR count). The number of hydrogen-bond donors (Lipinski definition) is 2. The predicted molar refractivity (Wildman–Crippen MR) is 116 cm³/mol. The molecule has 28 heavy (non-hydrogen) atoms. The number of thiocarbonyl (C=S) groups is 1. The number of amides is 2. The predicted octanol–water partition coefficient (Wildman–Crippen LogP) is 3.14. The lowest BCUT2D eigenvalue weighted by atomic mass is 10.2. The second kappa shape index (κ2) is 9.03. The summed E-state index contributed by atoms with van der Waals surface area (Å²) in [6, 6.07) is 14.4. The van der Waals surface area contributed by atoms with Gasteiger partial charge in [-0.3, -0.25) is 14.9 Å². The third-order valence-corrected chi connectivity index (χ3v) is 5.00. The Kier molecular flexibility index (Phi) is 6.49. The third kappa shape index (κ3) is 5.21. The molecule has 8 heteroatoms. The first kappa shape index (κ1) is 20.1. The smallest absolute Gasteiger partial charge is 0.257 e. The number of nitrogens with one attached hydrogen (secondary N) is 2. The number of hydrogen-bond acceptors (Lipinski definition) is 4. The number of benzene rings is 2. The van der Waals surface area contributed by atoms with Crippen molar-refractivity contribution in [3.05, 3.63) is 59.1 Å². The molecule has 2 amide bonds. The monoisotopic (exact) mass is 416 g/mol. The normalized spacial score (nSPS) is 13.8. The standard InChI is InChI=1S/C20H21ClN4O2S/c1-14(26)24-10-12-25(13-11-24)18-8-6-17(7-9-18)22-20(28)23-19(27)15-2-4-16(21)5-3-15/h2-9H,10-13H2,1H3,(H2,22,23,27,28). The molecular formula is C20H21ClN4O2S. The second-order valence-corrected chi connectivity index (χ2v) is 7.30. The highest BCUT2D eigenvalue weighted by molar-refractivity contribution is 7.80. The van der Waals surface area contributed by atoms with Crippen molar-refractivity contribution in [3.8, 4) is 0 Å². The number of carbonyl (C=O) groups is 2. The number of anilines is 2. The van der Waals surface area contributed by atoms with Gasteiger partial charge in [-0.05, 0) is 60.7 Å². The molecule has 2 aromatic carbocycles. The van der Waals surface area contributed by atoms with Crippen LogP contribution in [0, 0.1) is 0 Å². The summed E-state index contributed by atoms with van der Waals surface area (Å²) in [5, 5.41) is 6.45.